The largest absolute Gasteiger partial charge is 0.478 e. The van der Waals surface area contributed by atoms with E-state index in [-0.39, 0.29) is 5.56 Å². The van der Waals surface area contributed by atoms with Crippen molar-refractivity contribution in [1.82, 2.24) is 14.7 Å². The normalized spacial score (nSPS) is 10.9. The van der Waals surface area contributed by atoms with Crippen LogP contribution >= 0.6 is 0 Å². The summed E-state index contributed by atoms with van der Waals surface area (Å²) in [4.78, 5) is 14.9. The molecule has 90 valence electrons. The molecular formula is C12H9N3O3. The van der Waals surface area contributed by atoms with Crippen LogP contribution in [0.15, 0.2) is 41.4 Å². The molecule has 0 bridgehead atoms. The van der Waals surface area contributed by atoms with Gasteiger partial charge in [0.05, 0.1) is 12.1 Å². The van der Waals surface area contributed by atoms with E-state index >= 15 is 0 Å². The smallest absolute Gasteiger partial charge is 0.335 e. The van der Waals surface area contributed by atoms with Gasteiger partial charge in [0.1, 0.15) is 0 Å². The van der Waals surface area contributed by atoms with Crippen molar-refractivity contribution in [1.29, 1.82) is 0 Å². The molecule has 0 aliphatic heterocycles. The molecule has 0 saturated carbocycles. The minimum absolute atomic E-state index is 0.260. The Hall–Kier alpha value is -2.63. The van der Waals surface area contributed by atoms with Crippen LogP contribution < -0.4 is 0 Å². The Balaban J connectivity index is 2.06. The van der Waals surface area contributed by atoms with Crippen molar-refractivity contribution >= 4 is 16.9 Å². The first kappa shape index (κ1) is 10.5. The molecule has 0 saturated heterocycles. The summed E-state index contributed by atoms with van der Waals surface area (Å²) in [6.07, 6.45) is 3.14. The van der Waals surface area contributed by atoms with E-state index in [4.69, 9.17) is 5.11 Å². The second-order valence-corrected chi connectivity index (χ2v) is 3.87. The maximum Gasteiger partial charge on any atom is 0.335 e. The van der Waals surface area contributed by atoms with Gasteiger partial charge in [-0.3, -0.25) is 0 Å². The molecule has 2 heterocycles. The van der Waals surface area contributed by atoms with E-state index in [2.05, 4.69) is 14.7 Å². The predicted octanol–water partition coefficient (Wildman–Crippen LogP) is 1.77. The molecule has 0 amide bonds. The monoisotopic (exact) mass is 243 g/mol. The van der Waals surface area contributed by atoms with Crippen LogP contribution in [0, 0.1) is 0 Å². The summed E-state index contributed by atoms with van der Waals surface area (Å²) in [5.41, 5.74) is 1.09. The number of aromatic carboxylic acids is 1. The molecular weight excluding hydrogens is 234 g/mol. The van der Waals surface area contributed by atoms with Gasteiger partial charge >= 0.3 is 5.97 Å². The van der Waals surface area contributed by atoms with E-state index in [0.717, 1.165) is 10.9 Å². The van der Waals surface area contributed by atoms with E-state index in [1.54, 1.807) is 18.2 Å². The molecule has 0 radical (unpaired) electrons. The number of carboxylic acids is 1. The summed E-state index contributed by atoms with van der Waals surface area (Å²) >= 11 is 0. The first-order valence-electron chi connectivity index (χ1n) is 5.31. The molecule has 3 rings (SSSR count). The zero-order valence-corrected chi connectivity index (χ0v) is 9.28. The van der Waals surface area contributed by atoms with E-state index in [9.17, 15) is 4.79 Å². The molecule has 0 spiro atoms. The Labute approximate surface area is 101 Å². The second kappa shape index (κ2) is 3.99. The standard InChI is InChI=1S/C12H9N3O3/c16-12(17)9-2-1-8-3-4-15(10(8)5-9)6-11-13-7-18-14-11/h1-5,7H,6H2,(H,16,17). The van der Waals surface area contributed by atoms with Crippen molar-refractivity contribution in [2.75, 3.05) is 0 Å². The van der Waals surface area contributed by atoms with Gasteiger partial charge in [-0.2, -0.15) is 4.98 Å². The molecule has 6 heteroatoms. The summed E-state index contributed by atoms with van der Waals surface area (Å²) in [6.45, 7) is 0.447. The number of hydrogen-bond donors (Lipinski definition) is 1. The second-order valence-electron chi connectivity index (χ2n) is 3.87. The predicted molar refractivity (Wildman–Crippen MR) is 62.3 cm³/mol. The maximum absolute atomic E-state index is 10.9. The zero-order chi connectivity index (χ0) is 12.5. The van der Waals surface area contributed by atoms with Gasteiger partial charge in [-0.25, -0.2) is 4.79 Å². The number of carbonyl (C=O) groups is 1. The highest BCUT2D eigenvalue weighted by Crippen LogP contribution is 2.18. The van der Waals surface area contributed by atoms with E-state index in [0.29, 0.717) is 12.4 Å². The van der Waals surface area contributed by atoms with Crippen LogP contribution in [0.1, 0.15) is 16.2 Å². The Kier molecular flexibility index (Phi) is 2.33. The molecule has 0 unspecified atom stereocenters. The maximum atomic E-state index is 10.9. The average Bonchev–Trinajstić information content (AvgIpc) is 2.99. The van der Waals surface area contributed by atoms with Gasteiger partial charge in [0.2, 0.25) is 6.39 Å². The first-order chi connectivity index (χ1) is 8.74. The van der Waals surface area contributed by atoms with Crippen LogP contribution in [0.3, 0.4) is 0 Å². The molecule has 1 N–H and O–H groups in total. The van der Waals surface area contributed by atoms with Gasteiger partial charge in [-0.1, -0.05) is 11.2 Å². The van der Waals surface area contributed by atoms with Crippen LogP contribution in [0.5, 0.6) is 0 Å². The third-order valence-corrected chi connectivity index (χ3v) is 2.74. The van der Waals surface area contributed by atoms with Gasteiger partial charge in [0, 0.05) is 11.7 Å². The Morgan fingerprint density at radius 3 is 3.00 bits per heavy atom. The first-order valence-corrected chi connectivity index (χ1v) is 5.31. The number of aromatic nitrogens is 3. The summed E-state index contributed by atoms with van der Waals surface area (Å²) in [5.74, 6) is -0.391. The van der Waals surface area contributed by atoms with Gasteiger partial charge in [0.15, 0.2) is 5.82 Å². The molecule has 3 aromatic rings. The third kappa shape index (κ3) is 1.73. The molecule has 0 aliphatic rings. The summed E-state index contributed by atoms with van der Waals surface area (Å²) in [5, 5.41) is 13.7. The molecule has 2 aromatic heterocycles. The lowest BCUT2D eigenvalue weighted by atomic mass is 10.1. The van der Waals surface area contributed by atoms with Crippen LogP contribution in [0.2, 0.25) is 0 Å². The molecule has 1 aromatic carbocycles. The van der Waals surface area contributed by atoms with Crippen molar-refractivity contribution in [2.24, 2.45) is 0 Å². The highest BCUT2D eigenvalue weighted by Gasteiger charge is 2.08. The van der Waals surface area contributed by atoms with E-state index < -0.39 is 5.97 Å². The number of carboxylic acid groups (broad SMARTS) is 1. The number of nitrogens with zero attached hydrogens (tertiary/aromatic N) is 3. The van der Waals surface area contributed by atoms with Gasteiger partial charge < -0.3 is 14.2 Å². The Morgan fingerprint density at radius 1 is 1.39 bits per heavy atom. The molecule has 0 fully saturated rings. The van der Waals surface area contributed by atoms with Crippen LogP contribution in [-0.2, 0) is 6.54 Å². The number of fused-ring (bicyclic) bond motifs is 1. The van der Waals surface area contributed by atoms with E-state index in [1.807, 2.05) is 16.8 Å². The lowest BCUT2D eigenvalue weighted by molar-refractivity contribution is 0.0697. The van der Waals surface area contributed by atoms with Gasteiger partial charge in [-0.05, 0) is 23.6 Å². The fourth-order valence-electron chi connectivity index (χ4n) is 1.87. The summed E-state index contributed by atoms with van der Waals surface area (Å²) in [6, 6.07) is 6.92. The summed E-state index contributed by atoms with van der Waals surface area (Å²) in [7, 11) is 0. The number of rotatable bonds is 3. The number of hydrogen-bond acceptors (Lipinski definition) is 4. The Morgan fingerprint density at radius 2 is 2.28 bits per heavy atom. The minimum Gasteiger partial charge on any atom is -0.478 e. The Bertz CT molecular complexity index is 701. The molecule has 18 heavy (non-hydrogen) atoms. The molecule has 0 aliphatic carbocycles. The number of benzene rings is 1. The van der Waals surface area contributed by atoms with E-state index in [1.165, 1.54) is 6.39 Å². The average molecular weight is 243 g/mol. The van der Waals surface area contributed by atoms with Gasteiger partial charge in [0.25, 0.3) is 0 Å². The van der Waals surface area contributed by atoms with Crippen molar-refractivity contribution in [2.45, 2.75) is 6.54 Å². The quantitative estimate of drug-likeness (QED) is 0.758. The SMILES string of the molecule is O=C(O)c1ccc2ccn(Cc3ncon3)c2c1. The summed E-state index contributed by atoms with van der Waals surface area (Å²) < 4.78 is 6.55. The fourth-order valence-corrected chi connectivity index (χ4v) is 1.87. The molecule has 6 nitrogen and oxygen atoms in total. The minimum atomic E-state index is -0.941. The lowest BCUT2D eigenvalue weighted by Gasteiger charge is -2.02. The van der Waals surface area contributed by atoms with Gasteiger partial charge in [-0.15, -0.1) is 0 Å². The highest BCUT2D eigenvalue weighted by atomic mass is 16.5. The topological polar surface area (TPSA) is 81.1 Å². The highest BCUT2D eigenvalue weighted by molar-refractivity contribution is 5.93. The van der Waals surface area contributed by atoms with Crippen LogP contribution in [0.4, 0.5) is 0 Å². The van der Waals surface area contributed by atoms with Crippen molar-refractivity contribution in [3.8, 4) is 0 Å². The molecule has 0 atom stereocenters. The van der Waals surface area contributed by atoms with Crippen LogP contribution in [0.25, 0.3) is 10.9 Å². The zero-order valence-electron chi connectivity index (χ0n) is 9.28. The fraction of sp³-hybridized carbons (Fsp3) is 0.0833. The van der Waals surface area contributed by atoms with Crippen molar-refractivity contribution in [3.05, 3.63) is 48.2 Å². The van der Waals surface area contributed by atoms with Crippen molar-refractivity contribution < 1.29 is 14.4 Å². The lowest BCUT2D eigenvalue weighted by Crippen LogP contribution is -2.01. The third-order valence-electron chi connectivity index (χ3n) is 2.74. The van der Waals surface area contributed by atoms with Crippen LogP contribution in [-0.4, -0.2) is 25.8 Å². The van der Waals surface area contributed by atoms with Crippen molar-refractivity contribution in [3.63, 3.8) is 0 Å².